The lowest BCUT2D eigenvalue weighted by atomic mass is 10.2. The average molecular weight is 278 g/mol. The lowest BCUT2D eigenvalue weighted by Crippen LogP contribution is -2.33. The molecule has 0 aliphatic rings. The number of hydrogen-bond acceptors (Lipinski definition) is 4. The molecule has 1 atom stereocenters. The number of rotatable bonds is 5. The number of amides is 1. The highest BCUT2D eigenvalue weighted by Gasteiger charge is 2.11. The summed E-state index contributed by atoms with van der Waals surface area (Å²) in [5.74, 6) is 0.369. The molecular weight excluding hydrogens is 256 g/mol. The van der Waals surface area contributed by atoms with Crippen molar-refractivity contribution in [1.29, 1.82) is 0 Å². The highest BCUT2D eigenvalue weighted by Crippen LogP contribution is 2.12. The molecular formula is C15H22N2O3. The molecule has 0 saturated carbocycles. The molecule has 0 spiro atoms. The van der Waals surface area contributed by atoms with E-state index in [2.05, 4.69) is 10.3 Å². The number of hydrogen-bond donors (Lipinski definition) is 1. The molecule has 20 heavy (non-hydrogen) atoms. The molecule has 1 rings (SSSR count). The molecule has 0 bridgehead atoms. The van der Waals surface area contributed by atoms with Crippen molar-refractivity contribution in [1.82, 2.24) is 5.32 Å². The lowest BCUT2D eigenvalue weighted by Gasteiger charge is -2.11. The van der Waals surface area contributed by atoms with Crippen LogP contribution in [0.1, 0.15) is 37.6 Å². The number of carbonyl (C=O) groups excluding carboxylic acids is 1. The maximum Gasteiger partial charge on any atom is 0.291 e. The number of nitrogens with zero attached hydrogens (tertiary/aromatic N) is 1. The summed E-state index contributed by atoms with van der Waals surface area (Å²) in [5, 5.41) is 2.68. The number of carbonyl (C=O) groups is 1. The van der Waals surface area contributed by atoms with Gasteiger partial charge in [-0.1, -0.05) is 13.0 Å². The fraction of sp³-hybridized carbons (Fsp3) is 0.467. The zero-order chi connectivity index (χ0) is 15.0. The Morgan fingerprint density at radius 2 is 2.15 bits per heavy atom. The average Bonchev–Trinajstić information content (AvgIpc) is 2.47. The Kier molecular flexibility index (Phi) is 6.56. The van der Waals surface area contributed by atoms with Crippen molar-refractivity contribution in [3.05, 3.63) is 29.8 Å². The van der Waals surface area contributed by atoms with E-state index >= 15 is 0 Å². The Bertz CT molecular complexity index is 472. The monoisotopic (exact) mass is 278 g/mol. The van der Waals surface area contributed by atoms with E-state index in [1.807, 2.05) is 20.8 Å². The number of amidine groups is 1. The lowest BCUT2D eigenvalue weighted by molar-refractivity contribution is 0.0965. The van der Waals surface area contributed by atoms with Gasteiger partial charge in [-0.25, -0.2) is 4.99 Å². The first kappa shape index (κ1) is 16.0. The van der Waals surface area contributed by atoms with Gasteiger partial charge in [0.15, 0.2) is 0 Å². The molecule has 0 aromatic heterocycles. The van der Waals surface area contributed by atoms with Crippen LogP contribution in [0.5, 0.6) is 5.75 Å². The van der Waals surface area contributed by atoms with Gasteiger partial charge in [0, 0.05) is 5.56 Å². The van der Waals surface area contributed by atoms with Crippen molar-refractivity contribution in [2.75, 3.05) is 13.7 Å². The van der Waals surface area contributed by atoms with E-state index in [-0.39, 0.29) is 18.0 Å². The van der Waals surface area contributed by atoms with Crippen LogP contribution in [0.25, 0.3) is 0 Å². The molecule has 1 N–H and O–H groups in total. The summed E-state index contributed by atoms with van der Waals surface area (Å²) >= 11 is 0. The van der Waals surface area contributed by atoms with Crippen molar-refractivity contribution in [2.45, 2.75) is 33.2 Å². The van der Waals surface area contributed by atoms with E-state index < -0.39 is 0 Å². The van der Waals surface area contributed by atoms with Crippen LogP contribution in [-0.4, -0.2) is 31.7 Å². The van der Waals surface area contributed by atoms with Crippen molar-refractivity contribution in [3.63, 3.8) is 0 Å². The summed E-state index contributed by atoms with van der Waals surface area (Å²) in [7, 11) is 1.56. The largest absolute Gasteiger partial charge is 0.497 e. The van der Waals surface area contributed by atoms with Crippen LogP contribution in [0, 0.1) is 0 Å². The van der Waals surface area contributed by atoms with Crippen LogP contribution < -0.4 is 10.1 Å². The molecule has 1 aromatic carbocycles. The van der Waals surface area contributed by atoms with E-state index in [0.29, 0.717) is 17.9 Å². The number of benzene rings is 1. The molecule has 1 aromatic rings. The zero-order valence-corrected chi connectivity index (χ0v) is 12.5. The van der Waals surface area contributed by atoms with Gasteiger partial charge in [0.25, 0.3) is 11.9 Å². The van der Waals surface area contributed by atoms with Crippen LogP contribution in [-0.2, 0) is 4.74 Å². The van der Waals surface area contributed by atoms with Gasteiger partial charge in [0.1, 0.15) is 5.75 Å². The van der Waals surface area contributed by atoms with Gasteiger partial charge in [-0.05, 0) is 38.5 Å². The van der Waals surface area contributed by atoms with Gasteiger partial charge < -0.3 is 9.47 Å². The number of aliphatic imine (C=N–C) groups is 1. The molecule has 5 nitrogen and oxygen atoms in total. The summed E-state index contributed by atoms with van der Waals surface area (Å²) in [6, 6.07) is 7.29. The van der Waals surface area contributed by atoms with Gasteiger partial charge in [0.05, 0.1) is 19.8 Å². The summed E-state index contributed by atoms with van der Waals surface area (Å²) in [5.41, 5.74) is 0.501. The zero-order valence-electron chi connectivity index (χ0n) is 12.5. The van der Waals surface area contributed by atoms with Crippen LogP contribution in [0.3, 0.4) is 0 Å². The van der Waals surface area contributed by atoms with Crippen molar-refractivity contribution in [2.24, 2.45) is 4.99 Å². The van der Waals surface area contributed by atoms with Crippen molar-refractivity contribution >= 4 is 11.9 Å². The van der Waals surface area contributed by atoms with Gasteiger partial charge in [-0.3, -0.25) is 10.1 Å². The third-order valence-corrected chi connectivity index (χ3v) is 2.76. The van der Waals surface area contributed by atoms with Crippen LogP contribution in [0.4, 0.5) is 0 Å². The highest BCUT2D eigenvalue weighted by molar-refractivity contribution is 6.04. The summed E-state index contributed by atoms with van der Waals surface area (Å²) < 4.78 is 10.4. The van der Waals surface area contributed by atoms with Gasteiger partial charge in [-0.15, -0.1) is 0 Å². The minimum atomic E-state index is -0.264. The standard InChI is InChI=1S/C15H22N2O3/c1-5-11(3)16-15(20-6-2)17-14(18)12-8-7-9-13(10-12)19-4/h7-11H,5-6H2,1-4H3,(H,16,17,18)/t11-/m1/s1. The van der Waals surface area contributed by atoms with Gasteiger partial charge in [0.2, 0.25) is 0 Å². The predicted octanol–water partition coefficient (Wildman–Crippen LogP) is 2.62. The Morgan fingerprint density at radius 3 is 2.75 bits per heavy atom. The summed E-state index contributed by atoms with van der Waals surface area (Å²) in [6.45, 7) is 6.30. The number of ether oxygens (including phenoxy) is 2. The molecule has 0 aliphatic carbocycles. The molecule has 0 radical (unpaired) electrons. The Morgan fingerprint density at radius 1 is 1.40 bits per heavy atom. The topological polar surface area (TPSA) is 59.9 Å². The minimum Gasteiger partial charge on any atom is -0.497 e. The second-order valence-electron chi connectivity index (χ2n) is 4.31. The molecule has 0 unspecified atom stereocenters. The molecule has 5 heteroatoms. The van der Waals surface area contributed by atoms with E-state index in [1.165, 1.54) is 0 Å². The van der Waals surface area contributed by atoms with Crippen molar-refractivity contribution < 1.29 is 14.3 Å². The molecule has 0 fully saturated rings. The van der Waals surface area contributed by atoms with E-state index in [0.717, 1.165) is 6.42 Å². The van der Waals surface area contributed by atoms with E-state index in [9.17, 15) is 4.79 Å². The smallest absolute Gasteiger partial charge is 0.291 e. The van der Waals surface area contributed by atoms with Gasteiger partial charge >= 0.3 is 0 Å². The molecule has 1 amide bonds. The Hall–Kier alpha value is -2.04. The van der Waals surface area contributed by atoms with Crippen LogP contribution in [0.2, 0.25) is 0 Å². The summed E-state index contributed by atoms with van der Waals surface area (Å²) in [4.78, 5) is 16.5. The number of methoxy groups -OCH3 is 1. The summed E-state index contributed by atoms with van der Waals surface area (Å²) in [6.07, 6.45) is 0.881. The van der Waals surface area contributed by atoms with Crippen LogP contribution >= 0.6 is 0 Å². The molecule has 0 aliphatic heterocycles. The maximum atomic E-state index is 12.1. The maximum absolute atomic E-state index is 12.1. The first-order chi connectivity index (χ1) is 9.60. The van der Waals surface area contributed by atoms with Gasteiger partial charge in [-0.2, -0.15) is 0 Å². The molecule has 0 heterocycles. The fourth-order valence-electron chi connectivity index (χ4n) is 1.47. The first-order valence-electron chi connectivity index (χ1n) is 6.76. The third-order valence-electron chi connectivity index (χ3n) is 2.76. The van der Waals surface area contributed by atoms with Crippen molar-refractivity contribution in [3.8, 4) is 5.75 Å². The fourth-order valence-corrected chi connectivity index (χ4v) is 1.47. The quantitative estimate of drug-likeness (QED) is 0.665. The second kappa shape index (κ2) is 8.19. The third kappa shape index (κ3) is 4.91. The Labute approximate surface area is 120 Å². The minimum absolute atomic E-state index is 0.0992. The normalized spacial score (nSPS) is 12.7. The second-order valence-corrected chi connectivity index (χ2v) is 4.31. The first-order valence-corrected chi connectivity index (χ1v) is 6.76. The SMILES string of the molecule is CCOC(=N[C@H](C)CC)NC(=O)c1cccc(OC)c1. The Balaban J connectivity index is 2.82. The number of nitrogens with one attached hydrogen (secondary N) is 1. The molecule has 110 valence electrons. The van der Waals surface area contributed by atoms with E-state index in [1.54, 1.807) is 31.4 Å². The van der Waals surface area contributed by atoms with Crippen LogP contribution in [0.15, 0.2) is 29.3 Å². The molecule has 0 saturated heterocycles. The predicted molar refractivity (Wildman–Crippen MR) is 79.3 cm³/mol. The van der Waals surface area contributed by atoms with E-state index in [4.69, 9.17) is 9.47 Å². The highest BCUT2D eigenvalue weighted by atomic mass is 16.5.